The van der Waals surface area contributed by atoms with Crippen LogP contribution >= 0.6 is 7.52 Å². The van der Waals surface area contributed by atoms with Crippen LogP contribution in [0.25, 0.3) is 0 Å². The van der Waals surface area contributed by atoms with Crippen LogP contribution in [0.1, 0.15) is 54.4 Å². The molecule has 0 amide bonds. The SMILES string of the molecule is C=CCO/C(=C/P1(=O)OC(C)(C)CCN1C(C)(C)C)CC. The van der Waals surface area contributed by atoms with Crippen LogP contribution < -0.4 is 0 Å². The van der Waals surface area contributed by atoms with Crippen molar-refractivity contribution in [2.75, 3.05) is 13.2 Å². The van der Waals surface area contributed by atoms with Crippen molar-refractivity contribution in [2.24, 2.45) is 0 Å². The van der Waals surface area contributed by atoms with Crippen molar-refractivity contribution in [3.8, 4) is 0 Å². The molecule has 21 heavy (non-hydrogen) atoms. The van der Waals surface area contributed by atoms with Crippen molar-refractivity contribution in [1.29, 1.82) is 0 Å². The Morgan fingerprint density at radius 3 is 2.57 bits per heavy atom. The van der Waals surface area contributed by atoms with Crippen LogP contribution in [0, 0.1) is 0 Å². The van der Waals surface area contributed by atoms with Crippen molar-refractivity contribution in [3.63, 3.8) is 0 Å². The molecular weight excluding hydrogens is 285 g/mol. The van der Waals surface area contributed by atoms with Gasteiger partial charge >= 0.3 is 0 Å². The molecule has 1 saturated heterocycles. The number of allylic oxidation sites excluding steroid dienone is 1. The number of hydrogen-bond donors (Lipinski definition) is 0. The summed E-state index contributed by atoms with van der Waals surface area (Å²) in [5, 5.41) is 0. The molecule has 0 spiro atoms. The molecule has 1 rings (SSSR count). The summed E-state index contributed by atoms with van der Waals surface area (Å²) in [6, 6.07) is 0. The molecule has 122 valence electrons. The lowest BCUT2D eigenvalue weighted by atomic mass is 10.0. The molecule has 1 aliphatic rings. The fraction of sp³-hybridized carbons (Fsp3) is 0.750. The van der Waals surface area contributed by atoms with Crippen LogP contribution in [0.2, 0.25) is 0 Å². The second kappa shape index (κ2) is 6.68. The molecule has 0 radical (unpaired) electrons. The molecule has 0 aromatic rings. The van der Waals surface area contributed by atoms with E-state index in [4.69, 9.17) is 9.26 Å². The molecular formula is C16H30NO3P. The molecule has 1 aliphatic heterocycles. The Morgan fingerprint density at radius 1 is 1.48 bits per heavy atom. The van der Waals surface area contributed by atoms with Gasteiger partial charge in [0.05, 0.1) is 11.4 Å². The van der Waals surface area contributed by atoms with Gasteiger partial charge in [-0.05, 0) is 41.0 Å². The predicted molar refractivity (Wildman–Crippen MR) is 88.4 cm³/mol. The van der Waals surface area contributed by atoms with Crippen LogP contribution in [0.4, 0.5) is 0 Å². The summed E-state index contributed by atoms with van der Waals surface area (Å²) in [5.74, 6) is 2.40. The standard InChI is InChI=1S/C16H30NO3P/c1-8-12-19-14(9-2)13-21(18)17(15(3,4)5)11-10-16(6,7)20-21/h8,13H,1,9-12H2,2-7H3/b14-13+. The first-order valence-corrected chi connectivity index (χ1v) is 9.23. The van der Waals surface area contributed by atoms with E-state index in [9.17, 15) is 4.57 Å². The lowest BCUT2D eigenvalue weighted by molar-refractivity contribution is 0.0345. The van der Waals surface area contributed by atoms with Crippen LogP contribution in [0.3, 0.4) is 0 Å². The van der Waals surface area contributed by atoms with E-state index in [1.165, 1.54) is 0 Å². The van der Waals surface area contributed by atoms with Gasteiger partial charge in [-0.1, -0.05) is 19.6 Å². The van der Waals surface area contributed by atoms with Crippen molar-refractivity contribution in [3.05, 3.63) is 24.2 Å². The summed E-state index contributed by atoms with van der Waals surface area (Å²) in [7, 11) is -3.07. The minimum Gasteiger partial charge on any atom is -0.494 e. The van der Waals surface area contributed by atoms with Gasteiger partial charge < -0.3 is 9.26 Å². The third-order valence-corrected chi connectivity index (χ3v) is 6.30. The predicted octanol–water partition coefficient (Wildman–Crippen LogP) is 4.93. The van der Waals surface area contributed by atoms with E-state index in [-0.39, 0.29) is 11.1 Å². The second-order valence-corrected chi connectivity index (χ2v) is 9.06. The highest BCUT2D eigenvalue weighted by atomic mass is 31.2. The lowest BCUT2D eigenvalue weighted by Gasteiger charge is -2.47. The fourth-order valence-corrected chi connectivity index (χ4v) is 5.32. The lowest BCUT2D eigenvalue weighted by Crippen LogP contribution is -2.47. The van der Waals surface area contributed by atoms with Crippen LogP contribution in [0.5, 0.6) is 0 Å². The van der Waals surface area contributed by atoms with Gasteiger partial charge in [-0.25, -0.2) is 4.67 Å². The van der Waals surface area contributed by atoms with Gasteiger partial charge in [-0.3, -0.25) is 4.57 Å². The van der Waals surface area contributed by atoms with E-state index < -0.39 is 7.52 Å². The summed E-state index contributed by atoms with van der Waals surface area (Å²) in [5.41, 5.74) is -0.606. The van der Waals surface area contributed by atoms with E-state index >= 15 is 0 Å². The number of nitrogens with zero attached hydrogens (tertiary/aromatic N) is 1. The molecule has 0 aromatic heterocycles. The van der Waals surface area contributed by atoms with E-state index in [1.54, 1.807) is 11.9 Å². The Hall–Kier alpha value is -0.570. The van der Waals surface area contributed by atoms with Crippen LogP contribution in [0.15, 0.2) is 24.2 Å². The molecule has 0 bridgehead atoms. The van der Waals surface area contributed by atoms with E-state index in [0.29, 0.717) is 18.8 Å². The Labute approximate surface area is 129 Å². The van der Waals surface area contributed by atoms with Crippen molar-refractivity contribution >= 4 is 7.52 Å². The normalized spacial score (nSPS) is 27.4. The van der Waals surface area contributed by atoms with E-state index in [1.807, 2.05) is 25.4 Å². The topological polar surface area (TPSA) is 38.8 Å². The van der Waals surface area contributed by atoms with Gasteiger partial charge in [0.25, 0.3) is 7.52 Å². The minimum atomic E-state index is -3.07. The smallest absolute Gasteiger partial charge is 0.299 e. The zero-order chi connectivity index (χ0) is 16.3. The molecule has 5 heteroatoms. The first-order chi connectivity index (χ1) is 9.54. The van der Waals surface area contributed by atoms with Crippen molar-refractivity contribution in [2.45, 2.75) is 65.5 Å². The van der Waals surface area contributed by atoms with Gasteiger partial charge in [0.2, 0.25) is 0 Å². The summed E-state index contributed by atoms with van der Waals surface area (Å²) >= 11 is 0. The summed E-state index contributed by atoms with van der Waals surface area (Å²) in [4.78, 5) is 0. The average molecular weight is 315 g/mol. The molecule has 0 aromatic carbocycles. The monoisotopic (exact) mass is 315 g/mol. The van der Waals surface area contributed by atoms with Gasteiger partial charge in [0.1, 0.15) is 12.4 Å². The van der Waals surface area contributed by atoms with Crippen LogP contribution in [-0.2, 0) is 13.8 Å². The third kappa shape index (κ3) is 4.98. The van der Waals surface area contributed by atoms with Crippen molar-refractivity contribution in [1.82, 2.24) is 4.67 Å². The molecule has 0 N–H and O–H groups in total. The van der Waals surface area contributed by atoms with Gasteiger partial charge in [0, 0.05) is 18.5 Å². The highest BCUT2D eigenvalue weighted by molar-refractivity contribution is 7.60. The van der Waals surface area contributed by atoms with E-state index in [0.717, 1.165) is 13.0 Å². The number of hydrogen-bond acceptors (Lipinski definition) is 3. The second-order valence-electron chi connectivity index (χ2n) is 7.01. The maximum absolute atomic E-state index is 13.5. The summed E-state index contributed by atoms with van der Waals surface area (Å²) in [6.07, 6.45) is 3.23. The maximum Gasteiger partial charge on any atom is 0.299 e. The quantitative estimate of drug-likeness (QED) is 0.409. The van der Waals surface area contributed by atoms with E-state index in [2.05, 4.69) is 27.4 Å². The molecule has 4 nitrogen and oxygen atoms in total. The zero-order valence-corrected chi connectivity index (χ0v) is 15.2. The van der Waals surface area contributed by atoms with Crippen LogP contribution in [-0.4, -0.2) is 29.0 Å². The molecule has 0 aliphatic carbocycles. The number of ether oxygens (including phenoxy) is 1. The van der Waals surface area contributed by atoms with Gasteiger partial charge in [0.15, 0.2) is 0 Å². The Bertz CT molecular complexity index is 449. The molecule has 0 saturated carbocycles. The fourth-order valence-electron chi connectivity index (χ4n) is 2.39. The zero-order valence-electron chi connectivity index (χ0n) is 14.3. The molecule has 1 heterocycles. The van der Waals surface area contributed by atoms with Gasteiger partial charge in [-0.2, -0.15) is 0 Å². The Kier molecular flexibility index (Phi) is 5.88. The molecule has 1 unspecified atom stereocenters. The summed E-state index contributed by atoms with van der Waals surface area (Å²) in [6.45, 7) is 17.0. The maximum atomic E-state index is 13.5. The highest BCUT2D eigenvalue weighted by Gasteiger charge is 2.46. The third-order valence-electron chi connectivity index (χ3n) is 3.46. The highest BCUT2D eigenvalue weighted by Crippen LogP contribution is 2.62. The first-order valence-electron chi connectivity index (χ1n) is 7.58. The average Bonchev–Trinajstić information content (AvgIpc) is 2.31. The summed E-state index contributed by atoms with van der Waals surface area (Å²) < 4.78 is 27.1. The first kappa shape index (κ1) is 18.5. The Balaban J connectivity index is 3.16. The molecule has 1 atom stereocenters. The van der Waals surface area contributed by atoms with Crippen molar-refractivity contribution < 1.29 is 13.8 Å². The minimum absolute atomic E-state index is 0.222. The van der Waals surface area contributed by atoms with Gasteiger partial charge in [-0.15, -0.1) is 0 Å². The largest absolute Gasteiger partial charge is 0.494 e. The number of rotatable bonds is 5. The Morgan fingerprint density at radius 2 is 2.10 bits per heavy atom. The molecule has 1 fully saturated rings.